The van der Waals surface area contributed by atoms with E-state index in [1.54, 1.807) is 17.0 Å². The highest BCUT2D eigenvalue weighted by molar-refractivity contribution is 5.94. The van der Waals surface area contributed by atoms with Gasteiger partial charge in [0.05, 0.1) is 12.5 Å². The number of carbonyl (C=O) groups excluding carboxylic acids is 2. The van der Waals surface area contributed by atoms with Crippen molar-refractivity contribution in [2.75, 3.05) is 13.1 Å². The molecule has 2 aromatic carbocycles. The van der Waals surface area contributed by atoms with E-state index >= 15 is 0 Å². The van der Waals surface area contributed by atoms with Crippen molar-refractivity contribution in [3.8, 4) is 0 Å². The zero-order valence-corrected chi connectivity index (χ0v) is 16.2. The molecular formula is C21H26ClN3O2. The number of rotatable bonds is 5. The molecule has 1 heterocycles. The Hall–Kier alpha value is -2.37. The maximum Gasteiger partial charge on any atom is 0.251 e. The first-order valence-electron chi connectivity index (χ1n) is 8.99. The summed E-state index contributed by atoms with van der Waals surface area (Å²) in [6.07, 6.45) is 1.06. The number of nitrogens with one attached hydrogen (secondary N) is 1. The van der Waals surface area contributed by atoms with E-state index in [2.05, 4.69) is 5.32 Å². The molecule has 2 aromatic rings. The van der Waals surface area contributed by atoms with Gasteiger partial charge in [-0.1, -0.05) is 48.0 Å². The topological polar surface area (TPSA) is 75.4 Å². The number of likely N-dealkylation sites (tertiary alicyclic amines) is 1. The maximum absolute atomic E-state index is 12.7. The third-order valence-electron chi connectivity index (χ3n) is 4.78. The molecular weight excluding hydrogens is 362 g/mol. The molecule has 1 aliphatic heterocycles. The number of carbonyl (C=O) groups is 2. The molecule has 2 atom stereocenters. The number of halogens is 1. The molecule has 1 saturated heterocycles. The van der Waals surface area contributed by atoms with Crippen LogP contribution in [0, 0.1) is 6.92 Å². The van der Waals surface area contributed by atoms with Crippen LogP contribution in [0.25, 0.3) is 0 Å². The van der Waals surface area contributed by atoms with Gasteiger partial charge in [0.15, 0.2) is 0 Å². The first-order valence-corrected chi connectivity index (χ1v) is 8.99. The van der Waals surface area contributed by atoms with Gasteiger partial charge in [-0.3, -0.25) is 9.59 Å². The quantitative estimate of drug-likeness (QED) is 0.828. The Bertz CT molecular complexity index is 765. The highest BCUT2D eigenvalue weighted by Crippen LogP contribution is 2.20. The van der Waals surface area contributed by atoms with Crippen molar-refractivity contribution in [2.24, 2.45) is 5.73 Å². The van der Waals surface area contributed by atoms with Crippen LogP contribution < -0.4 is 11.1 Å². The third kappa shape index (κ3) is 5.55. The largest absolute Gasteiger partial charge is 0.345 e. The summed E-state index contributed by atoms with van der Waals surface area (Å²) < 4.78 is 0. The van der Waals surface area contributed by atoms with Gasteiger partial charge in [-0.05, 0) is 31.0 Å². The molecule has 0 aromatic heterocycles. The Labute approximate surface area is 166 Å². The van der Waals surface area contributed by atoms with Crippen molar-refractivity contribution < 1.29 is 9.59 Å². The van der Waals surface area contributed by atoms with Crippen LogP contribution in [0.1, 0.15) is 40.4 Å². The molecule has 0 saturated carbocycles. The number of nitrogens with zero attached hydrogens (tertiary/aromatic N) is 1. The predicted octanol–water partition coefficient (Wildman–Crippen LogP) is 2.84. The van der Waals surface area contributed by atoms with E-state index in [4.69, 9.17) is 5.73 Å². The van der Waals surface area contributed by atoms with Crippen LogP contribution in [0.5, 0.6) is 0 Å². The van der Waals surface area contributed by atoms with Crippen molar-refractivity contribution in [3.05, 3.63) is 71.3 Å². The van der Waals surface area contributed by atoms with E-state index in [0.717, 1.165) is 17.5 Å². The molecule has 0 bridgehead atoms. The number of hydrogen-bond acceptors (Lipinski definition) is 3. The smallest absolute Gasteiger partial charge is 0.251 e. The van der Waals surface area contributed by atoms with Crippen molar-refractivity contribution in [1.29, 1.82) is 0 Å². The van der Waals surface area contributed by atoms with Crippen LogP contribution in [0.15, 0.2) is 54.6 Å². The lowest BCUT2D eigenvalue weighted by atomic mass is 10.0. The minimum absolute atomic E-state index is 0. The number of benzene rings is 2. The van der Waals surface area contributed by atoms with Crippen molar-refractivity contribution in [3.63, 3.8) is 0 Å². The van der Waals surface area contributed by atoms with Crippen LogP contribution in [0.3, 0.4) is 0 Å². The summed E-state index contributed by atoms with van der Waals surface area (Å²) in [6, 6.07) is 16.7. The van der Waals surface area contributed by atoms with Gasteiger partial charge in [0, 0.05) is 24.7 Å². The fraction of sp³-hybridized carbons (Fsp3) is 0.333. The number of aryl methyl sites for hydroxylation is 1. The van der Waals surface area contributed by atoms with Crippen molar-refractivity contribution in [2.45, 2.75) is 31.8 Å². The van der Waals surface area contributed by atoms with Crippen LogP contribution in [-0.4, -0.2) is 35.8 Å². The second-order valence-electron chi connectivity index (χ2n) is 6.90. The number of nitrogens with two attached hydrogens (primary N) is 1. The molecule has 144 valence electrons. The summed E-state index contributed by atoms with van der Waals surface area (Å²) in [4.78, 5) is 27.1. The Morgan fingerprint density at radius 2 is 1.81 bits per heavy atom. The lowest BCUT2D eigenvalue weighted by Gasteiger charge is -2.23. The van der Waals surface area contributed by atoms with Gasteiger partial charge in [0.2, 0.25) is 5.91 Å². The van der Waals surface area contributed by atoms with E-state index in [1.807, 2.05) is 49.4 Å². The maximum atomic E-state index is 12.7. The van der Waals surface area contributed by atoms with E-state index in [9.17, 15) is 9.59 Å². The Kier molecular flexibility index (Phi) is 7.39. The molecule has 0 spiro atoms. The standard InChI is InChI=1S/C21H25N3O2.ClH/c1-15-7-9-17(10-8-15)21(26)23-19(16-5-3-2-4-6-16)13-20(25)24-12-11-18(22)14-24;/h2-10,18-19H,11-14,22H2,1H3,(H,23,26);1H/t18-,19?;/m1./s1. The summed E-state index contributed by atoms with van der Waals surface area (Å²) in [5.41, 5.74) is 8.52. The SMILES string of the molecule is Cc1ccc(C(=O)NC(CC(=O)N2CC[C@@H](N)C2)c2ccccc2)cc1.Cl. The van der Waals surface area contributed by atoms with Crippen LogP contribution in [0.2, 0.25) is 0 Å². The monoisotopic (exact) mass is 387 g/mol. The first kappa shape index (κ1) is 20.9. The lowest BCUT2D eigenvalue weighted by molar-refractivity contribution is -0.130. The molecule has 0 aliphatic carbocycles. The van der Waals surface area contributed by atoms with E-state index in [0.29, 0.717) is 18.7 Å². The van der Waals surface area contributed by atoms with Gasteiger partial charge < -0.3 is 16.0 Å². The normalized spacial score (nSPS) is 17.1. The first-order chi connectivity index (χ1) is 12.5. The lowest BCUT2D eigenvalue weighted by Crippen LogP contribution is -2.36. The Morgan fingerprint density at radius 1 is 1.15 bits per heavy atom. The molecule has 2 amide bonds. The third-order valence-corrected chi connectivity index (χ3v) is 4.78. The minimum Gasteiger partial charge on any atom is -0.345 e. The summed E-state index contributed by atoms with van der Waals surface area (Å²) in [5.74, 6) is -0.152. The van der Waals surface area contributed by atoms with Crippen molar-refractivity contribution >= 4 is 24.2 Å². The summed E-state index contributed by atoms with van der Waals surface area (Å²) >= 11 is 0. The number of amides is 2. The minimum atomic E-state index is -0.366. The molecule has 27 heavy (non-hydrogen) atoms. The molecule has 1 fully saturated rings. The molecule has 5 nitrogen and oxygen atoms in total. The highest BCUT2D eigenvalue weighted by atomic mass is 35.5. The second kappa shape index (κ2) is 9.53. The Morgan fingerprint density at radius 3 is 2.41 bits per heavy atom. The highest BCUT2D eigenvalue weighted by Gasteiger charge is 2.27. The van der Waals surface area contributed by atoms with Crippen LogP contribution in [-0.2, 0) is 4.79 Å². The van der Waals surface area contributed by atoms with Crippen LogP contribution in [0.4, 0.5) is 0 Å². The molecule has 0 radical (unpaired) electrons. The zero-order valence-electron chi connectivity index (χ0n) is 15.4. The zero-order chi connectivity index (χ0) is 18.5. The van der Waals surface area contributed by atoms with Gasteiger partial charge in [0.25, 0.3) is 5.91 Å². The fourth-order valence-electron chi connectivity index (χ4n) is 3.20. The van der Waals surface area contributed by atoms with Gasteiger partial charge in [-0.15, -0.1) is 12.4 Å². The van der Waals surface area contributed by atoms with E-state index < -0.39 is 0 Å². The molecule has 1 unspecified atom stereocenters. The van der Waals surface area contributed by atoms with Gasteiger partial charge in [-0.2, -0.15) is 0 Å². The Balaban J connectivity index is 0.00000261. The second-order valence-corrected chi connectivity index (χ2v) is 6.90. The summed E-state index contributed by atoms with van der Waals surface area (Å²) in [7, 11) is 0. The van der Waals surface area contributed by atoms with Gasteiger partial charge >= 0.3 is 0 Å². The average Bonchev–Trinajstić information content (AvgIpc) is 3.09. The molecule has 3 N–H and O–H groups in total. The van der Waals surface area contributed by atoms with E-state index in [-0.39, 0.29) is 42.7 Å². The van der Waals surface area contributed by atoms with Gasteiger partial charge in [-0.25, -0.2) is 0 Å². The molecule has 3 rings (SSSR count). The average molecular weight is 388 g/mol. The van der Waals surface area contributed by atoms with Crippen LogP contribution >= 0.6 is 12.4 Å². The van der Waals surface area contributed by atoms with Crippen molar-refractivity contribution in [1.82, 2.24) is 10.2 Å². The molecule has 1 aliphatic rings. The fourth-order valence-corrected chi connectivity index (χ4v) is 3.20. The summed E-state index contributed by atoms with van der Waals surface area (Å²) in [6.45, 7) is 3.26. The molecule has 6 heteroatoms. The predicted molar refractivity (Wildman–Crippen MR) is 109 cm³/mol. The van der Waals surface area contributed by atoms with E-state index in [1.165, 1.54) is 0 Å². The number of hydrogen-bond donors (Lipinski definition) is 2. The summed E-state index contributed by atoms with van der Waals surface area (Å²) in [5, 5.41) is 3.02. The van der Waals surface area contributed by atoms with Gasteiger partial charge in [0.1, 0.15) is 0 Å².